The van der Waals surface area contributed by atoms with Crippen molar-refractivity contribution in [2.75, 3.05) is 6.61 Å². The number of rotatable bonds is 5. The van der Waals surface area contributed by atoms with Gasteiger partial charge in [0.2, 0.25) is 0 Å². The molecule has 5 heterocycles. The molecular weight excluding hydrogens is 466 g/mol. The van der Waals surface area contributed by atoms with E-state index in [2.05, 4.69) is 16.4 Å². The fraction of sp³-hybridized carbons (Fsp3) is 0.552. The van der Waals surface area contributed by atoms with E-state index >= 15 is 0 Å². The molecule has 3 aromatic rings. The number of fused-ring (bicyclic) bond motifs is 2. The van der Waals surface area contributed by atoms with Gasteiger partial charge in [0, 0.05) is 41.7 Å². The highest BCUT2D eigenvalue weighted by molar-refractivity contribution is 5.76. The van der Waals surface area contributed by atoms with Crippen LogP contribution in [0.1, 0.15) is 62.2 Å². The molecule has 5 atom stereocenters. The van der Waals surface area contributed by atoms with Gasteiger partial charge in [0.15, 0.2) is 0 Å². The number of ether oxygens (including phenoxy) is 1. The summed E-state index contributed by atoms with van der Waals surface area (Å²) >= 11 is 0. The molecule has 8 rings (SSSR count). The standard InChI is InChI=1S/C29H33N5O3/c30-29-17-28(32-14-21-10-19-2-1-9-37-23(19)15-31-21)8-7-27(29,11-20(29)12-28)13-22-16-33-24(35)5-3-18-4-6-25(36)34(22)26(18)33/h3-6,10,15,20,22,32H,1-2,7-9,11-14,16-17,30H2/t20?,22-,27+,28?,29-/m1/s1. The Labute approximate surface area is 214 Å². The summed E-state index contributed by atoms with van der Waals surface area (Å²) in [5.74, 6) is 1.44. The van der Waals surface area contributed by atoms with Crippen molar-refractivity contribution in [3.8, 4) is 5.75 Å². The lowest BCUT2D eigenvalue weighted by Gasteiger charge is -2.63. The number of aromatic nitrogens is 3. The molecule has 8 heteroatoms. The van der Waals surface area contributed by atoms with Gasteiger partial charge in [-0.2, -0.15) is 0 Å². The lowest BCUT2D eigenvalue weighted by molar-refractivity contribution is -0.0858. The molecule has 2 unspecified atom stereocenters. The number of hydrogen-bond acceptors (Lipinski definition) is 6. The van der Waals surface area contributed by atoms with Crippen molar-refractivity contribution in [1.29, 1.82) is 0 Å². The van der Waals surface area contributed by atoms with E-state index in [1.165, 1.54) is 5.56 Å². The SMILES string of the molecule is N[C@@]12CC3(NCc4cc5c(cn4)OCCC5)CC[C@@]1(C[C@@H]1Cn4c(=O)ccc5ccc(=O)n1c54)CC2C3. The van der Waals surface area contributed by atoms with Gasteiger partial charge < -0.3 is 15.8 Å². The van der Waals surface area contributed by atoms with E-state index in [0.29, 0.717) is 12.5 Å². The van der Waals surface area contributed by atoms with Crippen molar-refractivity contribution >= 4 is 11.0 Å². The maximum Gasteiger partial charge on any atom is 0.252 e. The molecule has 192 valence electrons. The van der Waals surface area contributed by atoms with E-state index in [0.717, 1.165) is 87.0 Å². The van der Waals surface area contributed by atoms with Crippen LogP contribution >= 0.6 is 0 Å². The van der Waals surface area contributed by atoms with Gasteiger partial charge in [-0.05, 0) is 86.5 Å². The molecule has 8 nitrogen and oxygen atoms in total. The van der Waals surface area contributed by atoms with Crippen molar-refractivity contribution in [1.82, 2.24) is 19.4 Å². The van der Waals surface area contributed by atoms with Crippen molar-refractivity contribution in [2.45, 2.75) is 81.6 Å². The van der Waals surface area contributed by atoms with Crippen molar-refractivity contribution in [3.63, 3.8) is 0 Å². The number of nitrogens with two attached hydrogens (primary N) is 1. The predicted molar refractivity (Wildman–Crippen MR) is 140 cm³/mol. The number of nitrogens with zero attached hydrogens (tertiary/aromatic N) is 3. The van der Waals surface area contributed by atoms with Crippen LogP contribution in [-0.2, 0) is 19.5 Å². The Hall–Kier alpha value is -2.97. The van der Waals surface area contributed by atoms with E-state index < -0.39 is 0 Å². The highest BCUT2D eigenvalue weighted by atomic mass is 16.5. The van der Waals surface area contributed by atoms with Gasteiger partial charge in [0.1, 0.15) is 11.4 Å². The van der Waals surface area contributed by atoms with E-state index in [4.69, 9.17) is 10.5 Å². The maximum absolute atomic E-state index is 13.0. The maximum atomic E-state index is 13.0. The Morgan fingerprint density at radius 1 is 1.14 bits per heavy atom. The molecule has 5 aliphatic rings. The van der Waals surface area contributed by atoms with E-state index in [1.807, 2.05) is 22.9 Å². The molecule has 0 aromatic carbocycles. The van der Waals surface area contributed by atoms with Crippen LogP contribution in [0.3, 0.4) is 0 Å². The summed E-state index contributed by atoms with van der Waals surface area (Å²) in [6.45, 7) is 2.10. The van der Waals surface area contributed by atoms with Crippen LogP contribution < -0.4 is 26.9 Å². The first-order chi connectivity index (χ1) is 17.9. The summed E-state index contributed by atoms with van der Waals surface area (Å²) in [7, 11) is 0. The van der Waals surface area contributed by atoms with Gasteiger partial charge in [-0.1, -0.05) is 0 Å². The Kier molecular flexibility index (Phi) is 4.36. The molecule has 2 aliphatic heterocycles. The van der Waals surface area contributed by atoms with E-state index in [1.54, 1.807) is 16.7 Å². The first-order valence-electron chi connectivity index (χ1n) is 13.8. The number of pyridine rings is 3. The Morgan fingerprint density at radius 3 is 2.89 bits per heavy atom. The first-order valence-corrected chi connectivity index (χ1v) is 13.8. The zero-order valence-electron chi connectivity index (χ0n) is 21.0. The molecule has 3 aromatic heterocycles. The predicted octanol–water partition coefficient (Wildman–Crippen LogP) is 2.65. The molecular formula is C29H33N5O3. The summed E-state index contributed by atoms with van der Waals surface area (Å²) in [5, 5.41) is 4.85. The molecule has 3 saturated carbocycles. The van der Waals surface area contributed by atoms with E-state index in [-0.39, 0.29) is 33.7 Å². The third kappa shape index (κ3) is 2.94. The van der Waals surface area contributed by atoms with Crippen molar-refractivity contribution < 1.29 is 4.74 Å². The molecule has 3 N–H and O–H groups in total. The van der Waals surface area contributed by atoms with Crippen LogP contribution in [0.5, 0.6) is 5.75 Å². The molecule has 0 radical (unpaired) electrons. The van der Waals surface area contributed by atoms with Gasteiger partial charge in [-0.25, -0.2) is 0 Å². The van der Waals surface area contributed by atoms with Crippen LogP contribution in [0.2, 0.25) is 0 Å². The minimum absolute atomic E-state index is 0.0179. The smallest absolute Gasteiger partial charge is 0.252 e. The fourth-order valence-corrected chi connectivity index (χ4v) is 8.88. The lowest BCUT2D eigenvalue weighted by atomic mass is 9.45. The van der Waals surface area contributed by atoms with Gasteiger partial charge in [0.25, 0.3) is 11.1 Å². The second-order valence-corrected chi connectivity index (χ2v) is 12.4. The highest BCUT2D eigenvalue weighted by Gasteiger charge is 2.72. The van der Waals surface area contributed by atoms with Crippen molar-refractivity contribution in [2.24, 2.45) is 17.1 Å². The summed E-state index contributed by atoms with van der Waals surface area (Å²) in [4.78, 5) is 30.3. The van der Waals surface area contributed by atoms with Crippen LogP contribution in [0.15, 0.2) is 46.1 Å². The molecule has 3 aliphatic carbocycles. The molecule has 37 heavy (non-hydrogen) atoms. The zero-order chi connectivity index (χ0) is 25.0. The lowest BCUT2D eigenvalue weighted by Crippen LogP contribution is -2.70. The molecule has 2 bridgehead atoms. The third-order valence-electron chi connectivity index (χ3n) is 10.6. The summed E-state index contributed by atoms with van der Waals surface area (Å²) in [5.41, 5.74) is 10.2. The summed E-state index contributed by atoms with van der Waals surface area (Å²) in [6.07, 6.45) is 10.2. The minimum Gasteiger partial charge on any atom is -0.492 e. The van der Waals surface area contributed by atoms with Crippen molar-refractivity contribution in [3.05, 3.63) is 68.5 Å². The second-order valence-electron chi connectivity index (χ2n) is 12.4. The summed E-state index contributed by atoms with van der Waals surface area (Å²) < 4.78 is 9.40. The third-order valence-corrected chi connectivity index (χ3v) is 10.6. The number of aryl methyl sites for hydroxylation is 1. The normalized spacial score (nSPS) is 34.7. The largest absolute Gasteiger partial charge is 0.492 e. The fourth-order valence-electron chi connectivity index (χ4n) is 8.88. The zero-order valence-corrected chi connectivity index (χ0v) is 21.0. The van der Waals surface area contributed by atoms with Gasteiger partial charge in [-0.15, -0.1) is 0 Å². The molecule has 0 saturated heterocycles. The van der Waals surface area contributed by atoms with Gasteiger partial charge in [0.05, 0.1) is 24.5 Å². The topological polar surface area (TPSA) is 104 Å². The van der Waals surface area contributed by atoms with Crippen LogP contribution in [0.25, 0.3) is 11.0 Å². The van der Waals surface area contributed by atoms with Gasteiger partial charge >= 0.3 is 0 Å². The molecule has 3 fully saturated rings. The number of nitrogens with one attached hydrogen (secondary N) is 1. The van der Waals surface area contributed by atoms with Crippen LogP contribution in [-0.4, -0.2) is 31.8 Å². The monoisotopic (exact) mass is 499 g/mol. The van der Waals surface area contributed by atoms with E-state index in [9.17, 15) is 9.59 Å². The minimum atomic E-state index is -0.216. The first kappa shape index (κ1) is 22.1. The van der Waals surface area contributed by atoms with Crippen LogP contribution in [0, 0.1) is 11.3 Å². The second kappa shape index (κ2) is 7.32. The Bertz CT molecular complexity index is 1570. The van der Waals surface area contributed by atoms with Crippen LogP contribution in [0.4, 0.5) is 0 Å². The quantitative estimate of drug-likeness (QED) is 0.559. The van der Waals surface area contributed by atoms with Gasteiger partial charge in [-0.3, -0.25) is 23.7 Å². The summed E-state index contributed by atoms with van der Waals surface area (Å²) in [6, 6.07) is 9.10. The number of hydrogen-bond donors (Lipinski definition) is 2. The Morgan fingerprint density at radius 2 is 2.00 bits per heavy atom. The highest BCUT2D eigenvalue weighted by Crippen LogP contribution is 2.72. The Balaban J connectivity index is 1.03. The average Bonchev–Trinajstić information content (AvgIpc) is 3.30. The average molecular weight is 500 g/mol. The molecule has 0 amide bonds. The molecule has 0 spiro atoms.